The Hall–Kier alpha value is -1.63. The maximum absolute atomic E-state index is 8.24. The summed E-state index contributed by atoms with van der Waals surface area (Å²) in [5.41, 5.74) is 0.889. The van der Waals surface area contributed by atoms with Crippen molar-refractivity contribution in [1.82, 2.24) is 9.97 Å². The fourth-order valence-corrected chi connectivity index (χ4v) is 0.681. The quantitative estimate of drug-likeness (QED) is 0.628. The van der Waals surface area contributed by atoms with Crippen LogP contribution in [-0.4, -0.2) is 16.5 Å². The van der Waals surface area contributed by atoms with Crippen molar-refractivity contribution >= 4 is 5.82 Å². The van der Waals surface area contributed by atoms with E-state index in [0.717, 1.165) is 5.69 Å². The van der Waals surface area contributed by atoms with Gasteiger partial charge in [0.15, 0.2) is 0 Å². The number of hydrogen-bond acceptors (Lipinski definition) is 4. The minimum atomic E-state index is 0.274. The van der Waals surface area contributed by atoms with Crippen molar-refractivity contribution in [3.05, 3.63) is 18.1 Å². The van der Waals surface area contributed by atoms with Crippen LogP contribution in [0, 0.1) is 18.3 Å². The first-order valence-electron chi connectivity index (χ1n) is 3.22. The highest BCUT2D eigenvalue weighted by molar-refractivity contribution is 5.35. The summed E-state index contributed by atoms with van der Waals surface area (Å²) in [6.07, 6.45) is 1.47. The number of aryl methyl sites for hydroxylation is 1. The van der Waals surface area contributed by atoms with Crippen LogP contribution in [0.2, 0.25) is 0 Å². The summed E-state index contributed by atoms with van der Waals surface area (Å²) in [6.45, 7) is 2.15. The lowest BCUT2D eigenvalue weighted by Crippen LogP contribution is -2.01. The number of rotatable bonds is 2. The number of anilines is 1. The third-order valence-electron chi connectivity index (χ3n) is 1.15. The Morgan fingerprint density at radius 3 is 3.09 bits per heavy atom. The van der Waals surface area contributed by atoms with Gasteiger partial charge in [-0.2, -0.15) is 5.26 Å². The van der Waals surface area contributed by atoms with Crippen LogP contribution in [0.5, 0.6) is 0 Å². The summed E-state index contributed by atoms with van der Waals surface area (Å²) in [5, 5.41) is 11.1. The number of nitrogens with zero attached hydrogens (tertiary/aromatic N) is 3. The molecule has 1 aromatic heterocycles. The monoisotopic (exact) mass is 148 g/mol. The summed E-state index contributed by atoms with van der Waals surface area (Å²) in [7, 11) is 0. The molecule has 0 aliphatic rings. The molecule has 0 atom stereocenters. The number of nitrogens with one attached hydrogen (secondary N) is 1. The largest absolute Gasteiger partial charge is 0.357 e. The SMILES string of the molecule is Cc1cc(NCC#N)ncn1. The van der Waals surface area contributed by atoms with Crippen molar-refractivity contribution in [2.45, 2.75) is 6.92 Å². The van der Waals surface area contributed by atoms with E-state index in [1.54, 1.807) is 6.07 Å². The second-order valence-electron chi connectivity index (χ2n) is 2.06. The molecule has 0 aliphatic heterocycles. The Kier molecular flexibility index (Phi) is 2.39. The zero-order valence-electron chi connectivity index (χ0n) is 6.20. The lowest BCUT2D eigenvalue weighted by molar-refractivity contribution is 1.09. The molecular formula is C7H8N4. The smallest absolute Gasteiger partial charge is 0.130 e. The van der Waals surface area contributed by atoms with Gasteiger partial charge >= 0.3 is 0 Å². The van der Waals surface area contributed by atoms with Gasteiger partial charge in [0.05, 0.1) is 6.07 Å². The van der Waals surface area contributed by atoms with Crippen LogP contribution in [0.25, 0.3) is 0 Å². The first-order valence-corrected chi connectivity index (χ1v) is 3.22. The normalized spacial score (nSPS) is 8.73. The van der Waals surface area contributed by atoms with E-state index in [4.69, 9.17) is 5.26 Å². The molecule has 1 heterocycles. The van der Waals surface area contributed by atoms with Gasteiger partial charge in [0.2, 0.25) is 0 Å². The summed E-state index contributed by atoms with van der Waals surface area (Å²) >= 11 is 0. The summed E-state index contributed by atoms with van der Waals surface area (Å²) in [5.74, 6) is 0.694. The lowest BCUT2D eigenvalue weighted by atomic mass is 10.4. The molecule has 0 saturated carbocycles. The standard InChI is InChI=1S/C7H8N4/c1-6-4-7(9-3-2-8)11-5-10-6/h4-5H,3H2,1H3,(H,9,10,11). The van der Waals surface area contributed by atoms with E-state index >= 15 is 0 Å². The third-order valence-corrected chi connectivity index (χ3v) is 1.15. The van der Waals surface area contributed by atoms with Crippen LogP contribution >= 0.6 is 0 Å². The molecule has 0 saturated heterocycles. The Labute approximate surface area is 64.9 Å². The molecule has 56 valence electrons. The number of nitriles is 1. The van der Waals surface area contributed by atoms with E-state index in [1.165, 1.54) is 6.33 Å². The molecule has 0 aromatic carbocycles. The zero-order valence-corrected chi connectivity index (χ0v) is 6.20. The van der Waals surface area contributed by atoms with E-state index in [2.05, 4.69) is 15.3 Å². The maximum Gasteiger partial charge on any atom is 0.130 e. The maximum atomic E-state index is 8.24. The van der Waals surface area contributed by atoms with Gasteiger partial charge in [0, 0.05) is 11.8 Å². The number of hydrogen-bond donors (Lipinski definition) is 1. The van der Waals surface area contributed by atoms with Gasteiger partial charge < -0.3 is 5.32 Å². The molecule has 0 amide bonds. The minimum absolute atomic E-state index is 0.274. The van der Waals surface area contributed by atoms with Crippen LogP contribution in [-0.2, 0) is 0 Å². The Morgan fingerprint density at radius 2 is 2.45 bits per heavy atom. The van der Waals surface area contributed by atoms with Crippen molar-refractivity contribution in [3.8, 4) is 6.07 Å². The molecule has 0 aliphatic carbocycles. The molecule has 0 unspecified atom stereocenters. The molecule has 0 radical (unpaired) electrons. The highest BCUT2D eigenvalue weighted by Gasteiger charge is 1.91. The topological polar surface area (TPSA) is 61.6 Å². The predicted octanol–water partition coefficient (Wildman–Crippen LogP) is 0.720. The molecule has 4 heteroatoms. The van der Waals surface area contributed by atoms with Crippen LogP contribution in [0.3, 0.4) is 0 Å². The van der Waals surface area contributed by atoms with E-state index in [0.29, 0.717) is 5.82 Å². The van der Waals surface area contributed by atoms with E-state index in [1.807, 2.05) is 13.0 Å². The predicted molar refractivity (Wildman–Crippen MR) is 40.9 cm³/mol. The summed E-state index contributed by atoms with van der Waals surface area (Å²) < 4.78 is 0. The van der Waals surface area contributed by atoms with Crippen LogP contribution < -0.4 is 5.32 Å². The third kappa shape index (κ3) is 2.22. The van der Waals surface area contributed by atoms with Crippen molar-refractivity contribution in [2.24, 2.45) is 0 Å². The average Bonchev–Trinajstić information content (AvgIpc) is 2.01. The molecule has 0 spiro atoms. The molecule has 11 heavy (non-hydrogen) atoms. The van der Waals surface area contributed by atoms with Gasteiger partial charge in [-0.05, 0) is 6.92 Å². The fourth-order valence-electron chi connectivity index (χ4n) is 0.681. The molecule has 0 fully saturated rings. The first-order chi connectivity index (χ1) is 5.33. The second kappa shape index (κ2) is 3.52. The van der Waals surface area contributed by atoms with Crippen LogP contribution in [0.1, 0.15) is 5.69 Å². The van der Waals surface area contributed by atoms with E-state index in [9.17, 15) is 0 Å². The van der Waals surface area contributed by atoms with Crippen LogP contribution in [0.4, 0.5) is 5.82 Å². The summed E-state index contributed by atoms with van der Waals surface area (Å²) in [6, 6.07) is 3.75. The Morgan fingerprint density at radius 1 is 1.64 bits per heavy atom. The van der Waals surface area contributed by atoms with Gasteiger partial charge in [-0.1, -0.05) is 0 Å². The lowest BCUT2D eigenvalue weighted by Gasteiger charge is -1.98. The highest BCUT2D eigenvalue weighted by atomic mass is 15.0. The van der Waals surface area contributed by atoms with Gasteiger partial charge in [-0.25, -0.2) is 9.97 Å². The van der Waals surface area contributed by atoms with Crippen molar-refractivity contribution in [3.63, 3.8) is 0 Å². The second-order valence-corrected chi connectivity index (χ2v) is 2.06. The Balaban J connectivity index is 2.65. The van der Waals surface area contributed by atoms with Crippen LogP contribution in [0.15, 0.2) is 12.4 Å². The molecule has 1 N–H and O–H groups in total. The van der Waals surface area contributed by atoms with E-state index < -0.39 is 0 Å². The van der Waals surface area contributed by atoms with Gasteiger partial charge in [0.25, 0.3) is 0 Å². The molecule has 4 nitrogen and oxygen atoms in total. The minimum Gasteiger partial charge on any atom is -0.357 e. The van der Waals surface area contributed by atoms with Gasteiger partial charge in [-0.3, -0.25) is 0 Å². The molecule has 1 aromatic rings. The van der Waals surface area contributed by atoms with E-state index in [-0.39, 0.29) is 6.54 Å². The summed E-state index contributed by atoms with van der Waals surface area (Å²) in [4.78, 5) is 7.82. The highest BCUT2D eigenvalue weighted by Crippen LogP contribution is 2.00. The molecular weight excluding hydrogens is 140 g/mol. The zero-order chi connectivity index (χ0) is 8.10. The van der Waals surface area contributed by atoms with Crippen molar-refractivity contribution < 1.29 is 0 Å². The van der Waals surface area contributed by atoms with Crippen molar-refractivity contribution in [2.75, 3.05) is 11.9 Å². The average molecular weight is 148 g/mol. The molecule has 0 bridgehead atoms. The molecule has 1 rings (SSSR count). The van der Waals surface area contributed by atoms with Gasteiger partial charge in [0.1, 0.15) is 18.7 Å². The fraction of sp³-hybridized carbons (Fsp3) is 0.286. The number of aromatic nitrogens is 2. The first kappa shape index (κ1) is 7.48. The van der Waals surface area contributed by atoms with Gasteiger partial charge in [-0.15, -0.1) is 0 Å². The van der Waals surface area contributed by atoms with Crippen molar-refractivity contribution in [1.29, 1.82) is 5.26 Å². The Bertz CT molecular complexity index is 276.